The Labute approximate surface area is 96.4 Å². The molecule has 0 atom stereocenters. The van der Waals surface area contributed by atoms with Crippen LogP contribution in [0, 0.1) is 5.41 Å². The van der Waals surface area contributed by atoms with Gasteiger partial charge >= 0.3 is 0 Å². The van der Waals surface area contributed by atoms with Crippen molar-refractivity contribution < 1.29 is 4.79 Å². The van der Waals surface area contributed by atoms with Crippen LogP contribution in [0.2, 0.25) is 0 Å². The minimum absolute atomic E-state index is 0.133. The summed E-state index contributed by atoms with van der Waals surface area (Å²) in [6.45, 7) is 0.752. The Bertz CT molecular complexity index is 440. The Hall–Kier alpha value is -1.03. The molecule has 0 bridgehead atoms. The number of hydrogen-bond donors (Lipinski definition) is 2. The molecular weight excluding hydrogens is 256 g/mol. The van der Waals surface area contributed by atoms with Crippen molar-refractivity contribution in [2.75, 3.05) is 17.2 Å². The van der Waals surface area contributed by atoms with Crippen LogP contribution in [0.25, 0.3) is 0 Å². The number of hydrogen-bond acceptors (Lipinski definition) is 2. The Balaban J connectivity index is 2.00. The Morgan fingerprint density at radius 1 is 1.27 bits per heavy atom. The molecule has 0 unspecified atom stereocenters. The van der Waals surface area contributed by atoms with Gasteiger partial charge in [-0.2, -0.15) is 0 Å². The first-order valence-electron chi connectivity index (χ1n) is 5.05. The van der Waals surface area contributed by atoms with Crippen LogP contribution >= 0.6 is 15.9 Å². The smallest absolute Gasteiger partial charge is 0.232 e. The van der Waals surface area contributed by atoms with E-state index >= 15 is 0 Å². The number of carbonyl (C=O) groups is 1. The lowest BCUT2D eigenvalue weighted by Gasteiger charge is -2.09. The molecule has 2 aliphatic rings. The molecule has 2 N–H and O–H groups in total. The highest BCUT2D eigenvalue weighted by molar-refractivity contribution is 9.10. The number of benzene rings is 1. The van der Waals surface area contributed by atoms with Crippen LogP contribution in [-0.4, -0.2) is 12.5 Å². The molecule has 1 aromatic carbocycles. The Kier molecular flexibility index (Phi) is 1.83. The van der Waals surface area contributed by atoms with Crippen LogP contribution in [0.4, 0.5) is 11.4 Å². The zero-order valence-corrected chi connectivity index (χ0v) is 9.73. The molecule has 4 heteroatoms. The molecule has 78 valence electrons. The van der Waals surface area contributed by atoms with E-state index < -0.39 is 0 Å². The van der Waals surface area contributed by atoms with Crippen LogP contribution in [0.3, 0.4) is 0 Å². The second-order valence-electron chi connectivity index (χ2n) is 4.28. The SMILES string of the molecule is O=C1Nc2ccc(Br)cc2NCC12CC2. The normalized spacial score (nSPS) is 21.3. The summed E-state index contributed by atoms with van der Waals surface area (Å²) in [6, 6.07) is 5.86. The number of fused-ring (bicyclic) bond motifs is 1. The first-order valence-corrected chi connectivity index (χ1v) is 5.84. The van der Waals surface area contributed by atoms with Gasteiger partial charge in [0.1, 0.15) is 0 Å². The summed E-state index contributed by atoms with van der Waals surface area (Å²) in [6.07, 6.45) is 2.00. The third-order valence-corrected chi connectivity index (χ3v) is 3.68. The van der Waals surface area contributed by atoms with Gasteiger partial charge in [0.2, 0.25) is 5.91 Å². The van der Waals surface area contributed by atoms with Gasteiger partial charge < -0.3 is 10.6 Å². The molecule has 15 heavy (non-hydrogen) atoms. The minimum atomic E-state index is -0.133. The predicted molar refractivity (Wildman–Crippen MR) is 62.9 cm³/mol. The third-order valence-electron chi connectivity index (χ3n) is 3.18. The minimum Gasteiger partial charge on any atom is -0.382 e. The van der Waals surface area contributed by atoms with Gasteiger partial charge in [0.05, 0.1) is 16.8 Å². The summed E-state index contributed by atoms with van der Waals surface area (Å²) in [5, 5.41) is 6.32. The summed E-state index contributed by atoms with van der Waals surface area (Å²) in [5.74, 6) is 0.163. The number of nitrogens with one attached hydrogen (secondary N) is 2. The molecule has 1 spiro atoms. The lowest BCUT2D eigenvalue weighted by Crippen LogP contribution is -2.27. The first kappa shape index (κ1) is 9.21. The first-order chi connectivity index (χ1) is 7.20. The van der Waals surface area contributed by atoms with Gasteiger partial charge in [-0.15, -0.1) is 0 Å². The van der Waals surface area contributed by atoms with Gasteiger partial charge in [-0.05, 0) is 31.0 Å². The summed E-state index contributed by atoms with van der Waals surface area (Å²) in [4.78, 5) is 11.9. The predicted octanol–water partition coefficient (Wildman–Crippen LogP) is 2.59. The number of rotatable bonds is 0. The summed E-state index contributed by atoms with van der Waals surface area (Å²) >= 11 is 3.42. The summed E-state index contributed by atoms with van der Waals surface area (Å²) < 4.78 is 1.02. The molecule has 1 saturated carbocycles. The van der Waals surface area contributed by atoms with Crippen molar-refractivity contribution >= 4 is 33.2 Å². The zero-order valence-electron chi connectivity index (χ0n) is 8.14. The molecule has 1 aliphatic heterocycles. The monoisotopic (exact) mass is 266 g/mol. The third kappa shape index (κ3) is 1.44. The maximum absolute atomic E-state index is 11.9. The molecule has 1 aliphatic carbocycles. The Morgan fingerprint density at radius 3 is 2.80 bits per heavy atom. The number of amides is 1. The van der Waals surface area contributed by atoms with Crippen LogP contribution in [0.1, 0.15) is 12.8 Å². The fraction of sp³-hybridized carbons (Fsp3) is 0.364. The Morgan fingerprint density at radius 2 is 2.07 bits per heavy atom. The van der Waals surface area contributed by atoms with Crippen molar-refractivity contribution in [1.82, 2.24) is 0 Å². The standard InChI is InChI=1S/C11H11BrN2O/c12-7-1-2-8-9(5-7)13-6-11(3-4-11)10(15)14-8/h1-2,5,13H,3-4,6H2,(H,14,15). The molecule has 0 aromatic heterocycles. The van der Waals surface area contributed by atoms with E-state index in [1.54, 1.807) is 0 Å². The van der Waals surface area contributed by atoms with Crippen molar-refractivity contribution in [1.29, 1.82) is 0 Å². The maximum atomic E-state index is 11.9. The molecule has 1 aromatic rings. The van der Waals surface area contributed by atoms with Crippen molar-refractivity contribution in [2.24, 2.45) is 5.41 Å². The van der Waals surface area contributed by atoms with E-state index in [0.717, 1.165) is 35.2 Å². The lowest BCUT2D eigenvalue weighted by molar-refractivity contribution is -0.120. The molecule has 3 rings (SSSR count). The highest BCUT2D eigenvalue weighted by Gasteiger charge is 2.50. The van der Waals surface area contributed by atoms with Crippen molar-refractivity contribution in [3.05, 3.63) is 22.7 Å². The van der Waals surface area contributed by atoms with Gasteiger partial charge in [0.15, 0.2) is 0 Å². The molecule has 3 nitrogen and oxygen atoms in total. The topological polar surface area (TPSA) is 41.1 Å². The highest BCUT2D eigenvalue weighted by Crippen LogP contribution is 2.48. The summed E-state index contributed by atoms with van der Waals surface area (Å²) in [7, 11) is 0. The lowest BCUT2D eigenvalue weighted by atomic mass is 10.1. The van der Waals surface area contributed by atoms with Crippen molar-refractivity contribution in [3.8, 4) is 0 Å². The quantitative estimate of drug-likeness (QED) is 0.758. The molecule has 0 radical (unpaired) electrons. The van der Waals surface area contributed by atoms with Crippen molar-refractivity contribution in [2.45, 2.75) is 12.8 Å². The zero-order chi connectivity index (χ0) is 10.5. The maximum Gasteiger partial charge on any atom is 0.232 e. The molecule has 1 heterocycles. The van der Waals surface area contributed by atoms with Crippen LogP contribution in [0.5, 0.6) is 0 Å². The van der Waals surface area contributed by atoms with E-state index in [1.807, 2.05) is 18.2 Å². The van der Waals surface area contributed by atoms with Gasteiger partial charge in [-0.25, -0.2) is 0 Å². The van der Waals surface area contributed by atoms with Gasteiger partial charge in [-0.3, -0.25) is 4.79 Å². The van der Waals surface area contributed by atoms with E-state index in [2.05, 4.69) is 26.6 Å². The van der Waals surface area contributed by atoms with Crippen molar-refractivity contribution in [3.63, 3.8) is 0 Å². The molecule has 0 saturated heterocycles. The van der Waals surface area contributed by atoms with Crippen LogP contribution in [0.15, 0.2) is 22.7 Å². The van der Waals surface area contributed by atoms with E-state index in [0.29, 0.717) is 0 Å². The number of carbonyl (C=O) groups excluding carboxylic acids is 1. The van der Waals surface area contributed by atoms with E-state index in [9.17, 15) is 4.79 Å². The van der Waals surface area contributed by atoms with E-state index in [4.69, 9.17) is 0 Å². The average molecular weight is 267 g/mol. The van der Waals surface area contributed by atoms with E-state index in [-0.39, 0.29) is 11.3 Å². The molecule has 1 amide bonds. The van der Waals surface area contributed by atoms with E-state index in [1.165, 1.54) is 0 Å². The van der Waals surface area contributed by atoms with Gasteiger partial charge in [0, 0.05) is 11.0 Å². The van der Waals surface area contributed by atoms with Crippen LogP contribution in [-0.2, 0) is 4.79 Å². The van der Waals surface area contributed by atoms with Gasteiger partial charge in [-0.1, -0.05) is 15.9 Å². The second-order valence-corrected chi connectivity index (χ2v) is 5.19. The average Bonchev–Trinajstić information content (AvgIpc) is 3.00. The second kappa shape index (κ2) is 2.98. The summed E-state index contributed by atoms with van der Waals surface area (Å²) in [5.41, 5.74) is 1.75. The number of anilines is 2. The van der Waals surface area contributed by atoms with Gasteiger partial charge in [0.25, 0.3) is 0 Å². The fourth-order valence-corrected chi connectivity index (χ4v) is 2.29. The fourth-order valence-electron chi connectivity index (χ4n) is 1.93. The number of halogens is 1. The highest BCUT2D eigenvalue weighted by atomic mass is 79.9. The largest absolute Gasteiger partial charge is 0.382 e. The van der Waals surface area contributed by atoms with Crippen LogP contribution < -0.4 is 10.6 Å². The molecular formula is C11H11BrN2O. The molecule has 1 fully saturated rings.